The quantitative estimate of drug-likeness (QED) is 0.738. The SMILES string of the molecule is CCONC(=O)c1ccccc1OC. The van der Waals surface area contributed by atoms with Crippen molar-refractivity contribution in [2.45, 2.75) is 6.92 Å². The van der Waals surface area contributed by atoms with Crippen LogP contribution in [0.5, 0.6) is 5.75 Å². The van der Waals surface area contributed by atoms with E-state index in [4.69, 9.17) is 9.57 Å². The maximum Gasteiger partial charge on any atom is 0.278 e. The van der Waals surface area contributed by atoms with Crippen LogP contribution in [0.1, 0.15) is 17.3 Å². The molecule has 0 unspecified atom stereocenters. The first-order chi connectivity index (χ1) is 6.79. The van der Waals surface area contributed by atoms with Gasteiger partial charge in [0.1, 0.15) is 5.75 Å². The zero-order chi connectivity index (χ0) is 10.4. The highest BCUT2D eigenvalue weighted by Crippen LogP contribution is 2.16. The van der Waals surface area contributed by atoms with Gasteiger partial charge >= 0.3 is 0 Å². The van der Waals surface area contributed by atoms with Crippen LogP contribution in [0, 0.1) is 0 Å². The Bertz CT molecular complexity index is 312. The molecule has 0 heterocycles. The van der Waals surface area contributed by atoms with E-state index < -0.39 is 0 Å². The predicted octanol–water partition coefficient (Wildman–Crippen LogP) is 1.38. The Labute approximate surface area is 82.8 Å². The molecule has 14 heavy (non-hydrogen) atoms. The number of benzene rings is 1. The Balaban J connectivity index is 2.78. The van der Waals surface area contributed by atoms with Crippen LogP contribution in [0.4, 0.5) is 0 Å². The molecule has 0 saturated carbocycles. The summed E-state index contributed by atoms with van der Waals surface area (Å²) in [6, 6.07) is 6.97. The summed E-state index contributed by atoms with van der Waals surface area (Å²) in [4.78, 5) is 16.3. The number of para-hydroxylation sites is 1. The van der Waals surface area contributed by atoms with Gasteiger partial charge in [-0.2, -0.15) is 0 Å². The Morgan fingerprint density at radius 1 is 1.43 bits per heavy atom. The van der Waals surface area contributed by atoms with Gasteiger partial charge in [-0.15, -0.1) is 0 Å². The van der Waals surface area contributed by atoms with E-state index in [1.807, 2.05) is 0 Å². The van der Waals surface area contributed by atoms with Gasteiger partial charge in [-0.25, -0.2) is 5.48 Å². The number of nitrogens with one attached hydrogen (secondary N) is 1. The number of hydrogen-bond donors (Lipinski definition) is 1. The topological polar surface area (TPSA) is 47.6 Å². The number of amides is 1. The maximum absolute atomic E-state index is 11.5. The largest absolute Gasteiger partial charge is 0.496 e. The summed E-state index contributed by atoms with van der Waals surface area (Å²) in [6.45, 7) is 2.23. The Kier molecular flexibility index (Phi) is 3.94. The van der Waals surface area contributed by atoms with Gasteiger partial charge in [0.15, 0.2) is 0 Å². The molecule has 1 aromatic rings. The van der Waals surface area contributed by atoms with Crippen molar-refractivity contribution in [3.8, 4) is 5.75 Å². The fraction of sp³-hybridized carbons (Fsp3) is 0.300. The average molecular weight is 195 g/mol. The van der Waals surface area contributed by atoms with E-state index >= 15 is 0 Å². The van der Waals surface area contributed by atoms with Crippen molar-refractivity contribution >= 4 is 5.91 Å². The number of carbonyl (C=O) groups is 1. The van der Waals surface area contributed by atoms with Crippen LogP contribution in [0.15, 0.2) is 24.3 Å². The lowest BCUT2D eigenvalue weighted by Gasteiger charge is -2.07. The second-order valence-corrected chi connectivity index (χ2v) is 2.56. The molecular formula is C10H13NO3. The highest BCUT2D eigenvalue weighted by Gasteiger charge is 2.10. The van der Waals surface area contributed by atoms with Gasteiger partial charge in [0.2, 0.25) is 0 Å². The molecule has 0 atom stereocenters. The van der Waals surface area contributed by atoms with E-state index in [-0.39, 0.29) is 5.91 Å². The molecule has 1 amide bonds. The molecule has 0 saturated heterocycles. The van der Waals surface area contributed by atoms with Crippen LogP contribution < -0.4 is 10.2 Å². The molecule has 0 radical (unpaired) electrons. The van der Waals surface area contributed by atoms with Gasteiger partial charge < -0.3 is 4.74 Å². The molecule has 0 aliphatic carbocycles. The highest BCUT2D eigenvalue weighted by atomic mass is 16.6. The molecule has 4 heteroatoms. The highest BCUT2D eigenvalue weighted by molar-refractivity contribution is 5.96. The summed E-state index contributed by atoms with van der Waals surface area (Å²) in [5.41, 5.74) is 2.77. The number of hydrogen-bond acceptors (Lipinski definition) is 3. The molecule has 4 nitrogen and oxygen atoms in total. The van der Waals surface area contributed by atoms with Gasteiger partial charge in [-0.1, -0.05) is 12.1 Å². The molecule has 0 bridgehead atoms. The first-order valence-electron chi connectivity index (χ1n) is 4.34. The first-order valence-corrected chi connectivity index (χ1v) is 4.34. The average Bonchev–Trinajstić information content (AvgIpc) is 2.25. The Morgan fingerprint density at radius 3 is 2.79 bits per heavy atom. The van der Waals surface area contributed by atoms with Crippen LogP contribution in [0.3, 0.4) is 0 Å². The lowest BCUT2D eigenvalue weighted by atomic mass is 10.2. The third-order valence-corrected chi connectivity index (χ3v) is 1.66. The summed E-state index contributed by atoms with van der Waals surface area (Å²) in [7, 11) is 1.52. The second-order valence-electron chi connectivity index (χ2n) is 2.56. The van der Waals surface area contributed by atoms with Crippen LogP contribution in [0.25, 0.3) is 0 Å². The summed E-state index contributed by atoms with van der Waals surface area (Å²) in [5, 5.41) is 0. The summed E-state index contributed by atoms with van der Waals surface area (Å²) in [5.74, 6) is 0.231. The lowest BCUT2D eigenvalue weighted by Crippen LogP contribution is -2.23. The molecule has 1 rings (SSSR count). The molecule has 0 aliphatic rings. The van der Waals surface area contributed by atoms with E-state index in [1.165, 1.54) is 7.11 Å². The van der Waals surface area contributed by atoms with E-state index in [2.05, 4.69) is 5.48 Å². The van der Waals surface area contributed by atoms with Crippen LogP contribution in [-0.4, -0.2) is 19.6 Å². The smallest absolute Gasteiger partial charge is 0.278 e. The molecule has 76 valence electrons. The van der Waals surface area contributed by atoms with Crippen molar-refractivity contribution < 1.29 is 14.4 Å². The zero-order valence-electron chi connectivity index (χ0n) is 8.24. The fourth-order valence-electron chi connectivity index (χ4n) is 1.02. The minimum atomic E-state index is -0.302. The standard InChI is InChI=1S/C10H13NO3/c1-3-14-11-10(12)8-6-4-5-7-9(8)13-2/h4-7H,3H2,1-2H3,(H,11,12). The van der Waals surface area contributed by atoms with E-state index in [9.17, 15) is 4.79 Å². The van der Waals surface area contributed by atoms with Crippen molar-refractivity contribution in [2.24, 2.45) is 0 Å². The number of rotatable bonds is 4. The molecule has 1 N–H and O–H groups in total. The second kappa shape index (κ2) is 5.24. The third kappa shape index (κ3) is 2.47. The summed E-state index contributed by atoms with van der Waals surface area (Å²) >= 11 is 0. The molecule has 0 aromatic heterocycles. The van der Waals surface area contributed by atoms with Crippen molar-refractivity contribution in [1.29, 1.82) is 0 Å². The van der Waals surface area contributed by atoms with Crippen molar-refractivity contribution in [3.63, 3.8) is 0 Å². The number of carbonyl (C=O) groups excluding carboxylic acids is 1. The summed E-state index contributed by atoms with van der Waals surface area (Å²) in [6.07, 6.45) is 0. The number of ether oxygens (including phenoxy) is 1. The van der Waals surface area contributed by atoms with Crippen LogP contribution in [-0.2, 0) is 4.84 Å². The third-order valence-electron chi connectivity index (χ3n) is 1.66. The van der Waals surface area contributed by atoms with Gasteiger partial charge in [0.05, 0.1) is 19.3 Å². The van der Waals surface area contributed by atoms with Gasteiger partial charge in [0.25, 0.3) is 5.91 Å². The predicted molar refractivity (Wildman–Crippen MR) is 52.1 cm³/mol. The summed E-state index contributed by atoms with van der Waals surface area (Å²) < 4.78 is 5.03. The lowest BCUT2D eigenvalue weighted by molar-refractivity contribution is 0.0362. The normalized spacial score (nSPS) is 9.57. The van der Waals surface area contributed by atoms with Gasteiger partial charge in [-0.3, -0.25) is 9.63 Å². The Hall–Kier alpha value is -1.55. The maximum atomic E-state index is 11.5. The van der Waals surface area contributed by atoms with E-state index in [0.29, 0.717) is 17.9 Å². The Morgan fingerprint density at radius 2 is 2.14 bits per heavy atom. The van der Waals surface area contributed by atoms with E-state index in [0.717, 1.165) is 0 Å². The van der Waals surface area contributed by atoms with Crippen molar-refractivity contribution in [1.82, 2.24) is 5.48 Å². The minimum Gasteiger partial charge on any atom is -0.496 e. The molecule has 0 spiro atoms. The van der Waals surface area contributed by atoms with Crippen molar-refractivity contribution in [3.05, 3.63) is 29.8 Å². The van der Waals surface area contributed by atoms with Crippen molar-refractivity contribution in [2.75, 3.05) is 13.7 Å². The molecular weight excluding hydrogens is 182 g/mol. The molecule has 1 aromatic carbocycles. The van der Waals surface area contributed by atoms with Gasteiger partial charge in [0, 0.05) is 0 Å². The van der Waals surface area contributed by atoms with Crippen LogP contribution in [0.2, 0.25) is 0 Å². The molecule has 0 fully saturated rings. The monoisotopic (exact) mass is 195 g/mol. The minimum absolute atomic E-state index is 0.302. The first kappa shape index (κ1) is 10.5. The zero-order valence-corrected chi connectivity index (χ0v) is 8.24. The van der Waals surface area contributed by atoms with Crippen LogP contribution >= 0.6 is 0 Å². The van der Waals surface area contributed by atoms with Gasteiger partial charge in [-0.05, 0) is 19.1 Å². The number of hydroxylamine groups is 1. The molecule has 0 aliphatic heterocycles. The fourth-order valence-corrected chi connectivity index (χ4v) is 1.02. The van der Waals surface area contributed by atoms with E-state index in [1.54, 1.807) is 31.2 Å². The number of methoxy groups -OCH3 is 1.